The van der Waals surface area contributed by atoms with E-state index in [2.05, 4.69) is 85.2 Å². The molecule has 2 unspecified atom stereocenters. The maximum absolute atomic E-state index is 5.65. The Kier molecular flexibility index (Phi) is 4.66. The summed E-state index contributed by atoms with van der Waals surface area (Å²) >= 11 is 5.65. The molecule has 0 spiro atoms. The number of nitrogens with one attached hydrogen (secondary N) is 1. The Balaban J connectivity index is 1.81. The van der Waals surface area contributed by atoms with E-state index in [4.69, 9.17) is 12.2 Å². The van der Waals surface area contributed by atoms with Gasteiger partial charge in [-0.1, -0.05) is 18.2 Å². The molecule has 4 rings (SSSR count). The van der Waals surface area contributed by atoms with E-state index in [0.29, 0.717) is 0 Å². The molecule has 0 aliphatic carbocycles. The summed E-state index contributed by atoms with van der Waals surface area (Å²) in [5, 5.41) is 4.30. The zero-order chi connectivity index (χ0) is 20.1. The van der Waals surface area contributed by atoms with E-state index < -0.39 is 0 Å². The van der Waals surface area contributed by atoms with Crippen LogP contribution in [-0.4, -0.2) is 34.1 Å². The maximum atomic E-state index is 5.65. The lowest BCUT2D eigenvalue weighted by molar-refractivity contribution is 0.330. The topological polar surface area (TPSA) is 31.4 Å². The van der Waals surface area contributed by atoms with Gasteiger partial charge in [0.2, 0.25) is 0 Å². The van der Waals surface area contributed by atoms with E-state index in [9.17, 15) is 0 Å². The number of thiocarbonyl (C=S) groups is 1. The van der Waals surface area contributed by atoms with Gasteiger partial charge in [0, 0.05) is 31.0 Å². The highest BCUT2D eigenvalue weighted by Gasteiger charge is 2.39. The van der Waals surface area contributed by atoms with E-state index in [0.717, 1.165) is 17.4 Å². The minimum Gasteiger partial charge on any atom is -0.366 e. The Bertz CT molecular complexity index is 935. The lowest BCUT2D eigenvalue weighted by Gasteiger charge is -2.41. The molecule has 2 atom stereocenters. The Morgan fingerprint density at radius 2 is 2.00 bits per heavy atom. The molecule has 0 amide bonds. The second-order valence-electron chi connectivity index (χ2n) is 8.23. The second-order valence-corrected chi connectivity index (χ2v) is 8.62. The van der Waals surface area contributed by atoms with Gasteiger partial charge in [-0.25, -0.2) is 0 Å². The normalized spacial score (nSPS) is 23.3. The fraction of sp³-hybridized carbons (Fsp3) is 0.391. The minimum absolute atomic E-state index is 0.0149. The molecule has 1 saturated heterocycles. The fourth-order valence-electron chi connectivity index (χ4n) is 4.47. The summed E-state index contributed by atoms with van der Waals surface area (Å²) in [5.74, 6) is 0. The van der Waals surface area contributed by atoms with Gasteiger partial charge in [0.15, 0.2) is 5.11 Å². The zero-order valence-electron chi connectivity index (χ0n) is 17.2. The standard InChI is InChI=1S/C23H28N4S/c1-6-27-21(20(25-22(27)28)18-9-7-8-12-24-18)16-10-11-19-17(13-16)15(2)14-23(3,4)26(19)5/h7-14,20-21H,6H2,1-5H3,(H,25,28). The van der Waals surface area contributed by atoms with Gasteiger partial charge in [0.1, 0.15) is 0 Å². The van der Waals surface area contributed by atoms with E-state index in [1.54, 1.807) is 0 Å². The van der Waals surface area contributed by atoms with Crippen LogP contribution in [0.1, 0.15) is 56.6 Å². The monoisotopic (exact) mass is 392 g/mol. The van der Waals surface area contributed by atoms with Crippen molar-refractivity contribution in [1.82, 2.24) is 15.2 Å². The number of allylic oxidation sites excluding steroid dienone is 1. The van der Waals surface area contributed by atoms with Gasteiger partial charge in [0.05, 0.1) is 23.3 Å². The third-order valence-electron chi connectivity index (χ3n) is 6.12. The van der Waals surface area contributed by atoms with Crippen molar-refractivity contribution < 1.29 is 0 Å². The maximum Gasteiger partial charge on any atom is 0.170 e. The summed E-state index contributed by atoms with van der Waals surface area (Å²) < 4.78 is 0. The molecular weight excluding hydrogens is 364 g/mol. The van der Waals surface area contributed by atoms with Crippen molar-refractivity contribution in [2.24, 2.45) is 0 Å². The lowest BCUT2D eigenvalue weighted by Crippen LogP contribution is -2.42. The largest absolute Gasteiger partial charge is 0.366 e. The van der Waals surface area contributed by atoms with Crippen LogP contribution in [0.15, 0.2) is 48.7 Å². The number of pyridine rings is 1. The highest BCUT2D eigenvalue weighted by Crippen LogP contribution is 2.43. The van der Waals surface area contributed by atoms with Crippen LogP contribution < -0.4 is 10.2 Å². The number of hydrogen-bond acceptors (Lipinski definition) is 3. The molecular formula is C23H28N4S. The SMILES string of the molecule is CCN1C(=S)NC(c2ccccn2)C1c1ccc2c(c1)C(C)=CC(C)(C)N2C. The first kappa shape index (κ1) is 18.9. The summed E-state index contributed by atoms with van der Waals surface area (Å²) in [4.78, 5) is 9.23. The molecule has 2 aliphatic rings. The minimum atomic E-state index is 0.0149. The molecule has 2 aliphatic heterocycles. The Labute approximate surface area is 173 Å². The number of nitrogens with zero attached hydrogens (tertiary/aromatic N) is 3. The van der Waals surface area contributed by atoms with Crippen LogP contribution in [0.25, 0.3) is 5.57 Å². The number of rotatable bonds is 3. The molecule has 1 aromatic heterocycles. The average Bonchev–Trinajstić information content (AvgIpc) is 3.02. The number of anilines is 1. The Morgan fingerprint density at radius 3 is 2.68 bits per heavy atom. The van der Waals surface area contributed by atoms with Gasteiger partial charge < -0.3 is 15.1 Å². The van der Waals surface area contributed by atoms with E-state index in [1.807, 2.05) is 18.3 Å². The van der Waals surface area contributed by atoms with Gasteiger partial charge in [-0.05, 0) is 75.3 Å². The van der Waals surface area contributed by atoms with Gasteiger partial charge in [-0.2, -0.15) is 0 Å². The summed E-state index contributed by atoms with van der Waals surface area (Å²) in [6.07, 6.45) is 4.20. The number of likely N-dealkylation sites (N-methyl/N-ethyl adjacent to an activating group) is 2. The van der Waals surface area contributed by atoms with E-state index >= 15 is 0 Å². The van der Waals surface area contributed by atoms with Crippen molar-refractivity contribution in [2.45, 2.75) is 45.3 Å². The van der Waals surface area contributed by atoms with Crippen molar-refractivity contribution in [3.8, 4) is 0 Å². The van der Waals surface area contributed by atoms with Gasteiger partial charge in [-0.15, -0.1) is 0 Å². The summed E-state index contributed by atoms with van der Waals surface area (Å²) in [7, 11) is 2.17. The first-order valence-corrected chi connectivity index (χ1v) is 10.3. The number of fused-ring (bicyclic) bond motifs is 1. The molecule has 5 heteroatoms. The summed E-state index contributed by atoms with van der Waals surface area (Å²) in [6, 6.07) is 13.1. The number of hydrogen-bond donors (Lipinski definition) is 1. The molecule has 1 aromatic carbocycles. The number of aromatic nitrogens is 1. The first-order chi connectivity index (χ1) is 13.3. The van der Waals surface area contributed by atoms with Crippen molar-refractivity contribution in [3.63, 3.8) is 0 Å². The van der Waals surface area contributed by atoms with E-state index in [-0.39, 0.29) is 17.6 Å². The molecule has 3 heterocycles. The molecule has 0 saturated carbocycles. The highest BCUT2D eigenvalue weighted by atomic mass is 32.1. The van der Waals surface area contributed by atoms with Crippen molar-refractivity contribution >= 4 is 28.6 Å². The van der Waals surface area contributed by atoms with Crippen LogP contribution in [0.2, 0.25) is 0 Å². The molecule has 0 bridgehead atoms. The lowest BCUT2D eigenvalue weighted by atomic mass is 9.86. The summed E-state index contributed by atoms with van der Waals surface area (Å²) in [6.45, 7) is 9.73. The highest BCUT2D eigenvalue weighted by molar-refractivity contribution is 7.80. The Hall–Kier alpha value is -2.40. The van der Waals surface area contributed by atoms with Crippen LogP contribution >= 0.6 is 12.2 Å². The van der Waals surface area contributed by atoms with Crippen molar-refractivity contribution in [1.29, 1.82) is 0 Å². The van der Waals surface area contributed by atoms with Gasteiger partial charge in [-0.3, -0.25) is 4.98 Å². The van der Waals surface area contributed by atoms with Crippen molar-refractivity contribution in [2.75, 3.05) is 18.5 Å². The predicted octanol–water partition coefficient (Wildman–Crippen LogP) is 4.71. The predicted molar refractivity (Wildman–Crippen MR) is 120 cm³/mol. The van der Waals surface area contributed by atoms with Crippen molar-refractivity contribution in [3.05, 3.63) is 65.5 Å². The van der Waals surface area contributed by atoms with Crippen LogP contribution in [0.5, 0.6) is 0 Å². The van der Waals surface area contributed by atoms with Gasteiger partial charge >= 0.3 is 0 Å². The Morgan fingerprint density at radius 1 is 1.21 bits per heavy atom. The molecule has 1 N–H and O–H groups in total. The molecule has 1 fully saturated rings. The fourth-order valence-corrected chi connectivity index (χ4v) is 4.84. The number of benzene rings is 1. The quantitative estimate of drug-likeness (QED) is 0.765. The molecule has 4 nitrogen and oxygen atoms in total. The van der Waals surface area contributed by atoms with Crippen LogP contribution in [0.3, 0.4) is 0 Å². The second kappa shape index (κ2) is 6.89. The third kappa shape index (κ3) is 2.98. The van der Waals surface area contributed by atoms with Crippen LogP contribution in [0, 0.1) is 0 Å². The third-order valence-corrected chi connectivity index (χ3v) is 6.47. The molecule has 28 heavy (non-hydrogen) atoms. The summed E-state index contributed by atoms with van der Waals surface area (Å²) in [5.41, 5.74) is 6.21. The zero-order valence-corrected chi connectivity index (χ0v) is 18.0. The average molecular weight is 393 g/mol. The smallest absolute Gasteiger partial charge is 0.170 e. The van der Waals surface area contributed by atoms with Gasteiger partial charge in [0.25, 0.3) is 0 Å². The molecule has 146 valence electrons. The van der Waals surface area contributed by atoms with E-state index in [1.165, 1.54) is 22.4 Å². The first-order valence-electron chi connectivity index (χ1n) is 9.89. The molecule has 2 aromatic rings. The van der Waals surface area contributed by atoms with Crippen LogP contribution in [0.4, 0.5) is 5.69 Å². The molecule has 0 radical (unpaired) electrons. The van der Waals surface area contributed by atoms with Crippen LogP contribution in [-0.2, 0) is 0 Å².